The van der Waals surface area contributed by atoms with Crippen molar-refractivity contribution in [2.75, 3.05) is 32.4 Å². The van der Waals surface area contributed by atoms with Crippen LogP contribution in [0.1, 0.15) is 6.92 Å². The van der Waals surface area contributed by atoms with Crippen LogP contribution in [0, 0.1) is 0 Å². The number of rotatable bonds is 2. The molecule has 0 radical (unpaired) electrons. The Labute approximate surface area is 106 Å². The van der Waals surface area contributed by atoms with E-state index in [1.54, 1.807) is 9.69 Å². The van der Waals surface area contributed by atoms with E-state index < -0.39 is 10.0 Å². The van der Waals surface area contributed by atoms with Gasteiger partial charge in [0.25, 0.3) is 10.0 Å². The predicted octanol–water partition coefficient (Wildman–Crippen LogP) is 0.655. The minimum absolute atomic E-state index is 0.00192. The van der Waals surface area contributed by atoms with Crippen molar-refractivity contribution >= 4 is 27.0 Å². The molecule has 1 aromatic rings. The van der Waals surface area contributed by atoms with Gasteiger partial charge in [-0.25, -0.2) is 8.42 Å². The zero-order chi connectivity index (χ0) is 12.6. The van der Waals surface area contributed by atoms with Gasteiger partial charge in [0.1, 0.15) is 4.21 Å². The van der Waals surface area contributed by atoms with E-state index in [1.165, 1.54) is 17.4 Å². The van der Waals surface area contributed by atoms with Crippen molar-refractivity contribution < 1.29 is 8.42 Å². The molecule has 1 aliphatic rings. The molecule has 0 amide bonds. The van der Waals surface area contributed by atoms with Crippen molar-refractivity contribution in [3.8, 4) is 0 Å². The molecule has 1 aliphatic heterocycles. The first-order valence-corrected chi connectivity index (χ1v) is 7.77. The highest BCUT2D eigenvalue weighted by atomic mass is 32.2. The molecule has 96 valence electrons. The number of nitrogens with zero attached hydrogens (tertiary/aromatic N) is 2. The Morgan fingerprint density at radius 2 is 2.18 bits per heavy atom. The number of nitrogens with two attached hydrogens (primary N) is 1. The Morgan fingerprint density at radius 3 is 2.71 bits per heavy atom. The predicted molar refractivity (Wildman–Crippen MR) is 69.6 cm³/mol. The second-order valence-corrected chi connectivity index (χ2v) is 7.45. The minimum Gasteiger partial charge on any atom is -0.398 e. The average molecular weight is 275 g/mol. The molecule has 1 aromatic heterocycles. The van der Waals surface area contributed by atoms with Gasteiger partial charge in [0.2, 0.25) is 0 Å². The van der Waals surface area contributed by atoms with Crippen LogP contribution >= 0.6 is 11.3 Å². The van der Waals surface area contributed by atoms with Crippen LogP contribution in [0.4, 0.5) is 5.69 Å². The molecule has 7 heteroatoms. The van der Waals surface area contributed by atoms with E-state index in [9.17, 15) is 8.42 Å². The summed E-state index contributed by atoms with van der Waals surface area (Å²) in [7, 11) is -1.37. The third-order valence-corrected chi connectivity index (χ3v) is 6.38. The fourth-order valence-electron chi connectivity index (χ4n) is 2.06. The lowest BCUT2D eigenvalue weighted by Crippen LogP contribution is -2.52. The third kappa shape index (κ3) is 2.47. The maximum Gasteiger partial charge on any atom is 0.252 e. The van der Waals surface area contributed by atoms with E-state index in [2.05, 4.69) is 4.90 Å². The second-order valence-electron chi connectivity index (χ2n) is 4.43. The number of hydrogen-bond acceptors (Lipinski definition) is 5. The van der Waals surface area contributed by atoms with Gasteiger partial charge in [-0.15, -0.1) is 11.3 Å². The summed E-state index contributed by atoms with van der Waals surface area (Å²) in [5.41, 5.74) is 6.09. The molecule has 1 saturated heterocycles. The van der Waals surface area contributed by atoms with Gasteiger partial charge in [-0.3, -0.25) is 0 Å². The molecule has 2 rings (SSSR count). The Balaban J connectivity index is 2.27. The van der Waals surface area contributed by atoms with Gasteiger partial charge in [0.15, 0.2) is 0 Å². The number of nitrogen functional groups attached to an aromatic ring is 1. The molecule has 1 unspecified atom stereocenters. The number of anilines is 1. The standard InChI is InChI=1S/C10H17N3O2S2/c1-8-6-12(2)3-4-13(8)17(14,15)10-5-9(11)7-16-10/h5,7-8H,3-4,6,11H2,1-2H3. The van der Waals surface area contributed by atoms with Crippen LogP contribution in [0.2, 0.25) is 0 Å². The van der Waals surface area contributed by atoms with Gasteiger partial charge in [-0.1, -0.05) is 0 Å². The van der Waals surface area contributed by atoms with Crippen LogP contribution in [0.15, 0.2) is 15.7 Å². The van der Waals surface area contributed by atoms with Gasteiger partial charge < -0.3 is 10.6 Å². The first kappa shape index (κ1) is 12.8. The second kappa shape index (κ2) is 4.56. The summed E-state index contributed by atoms with van der Waals surface area (Å²) in [6.45, 7) is 4.01. The zero-order valence-electron chi connectivity index (χ0n) is 9.96. The highest BCUT2D eigenvalue weighted by molar-refractivity contribution is 7.91. The van der Waals surface area contributed by atoms with Crippen LogP contribution in [0.25, 0.3) is 0 Å². The normalized spacial score (nSPS) is 24.0. The molecule has 2 heterocycles. The van der Waals surface area contributed by atoms with Gasteiger partial charge in [0.05, 0.1) is 0 Å². The van der Waals surface area contributed by atoms with E-state index in [0.717, 1.165) is 13.1 Å². The summed E-state index contributed by atoms with van der Waals surface area (Å²) in [4.78, 5) is 2.14. The monoisotopic (exact) mass is 275 g/mol. The van der Waals surface area contributed by atoms with Gasteiger partial charge in [0, 0.05) is 36.7 Å². The largest absolute Gasteiger partial charge is 0.398 e. The van der Waals surface area contributed by atoms with Crippen molar-refractivity contribution in [3.63, 3.8) is 0 Å². The maximum atomic E-state index is 12.4. The highest BCUT2D eigenvalue weighted by Crippen LogP contribution is 2.27. The molecular formula is C10H17N3O2S2. The fourth-order valence-corrected chi connectivity index (χ4v) is 4.88. The molecule has 5 nitrogen and oxygen atoms in total. The molecule has 0 saturated carbocycles. The molecule has 17 heavy (non-hydrogen) atoms. The summed E-state index contributed by atoms with van der Waals surface area (Å²) < 4.78 is 26.7. The van der Waals surface area contributed by atoms with Crippen molar-refractivity contribution in [2.45, 2.75) is 17.2 Å². The fraction of sp³-hybridized carbons (Fsp3) is 0.600. The molecule has 1 atom stereocenters. The molecule has 0 spiro atoms. The highest BCUT2D eigenvalue weighted by Gasteiger charge is 2.33. The Kier molecular flexibility index (Phi) is 3.44. The molecular weight excluding hydrogens is 258 g/mol. The van der Waals surface area contributed by atoms with Crippen molar-refractivity contribution in [3.05, 3.63) is 11.4 Å². The summed E-state index contributed by atoms with van der Waals surface area (Å²) in [5, 5.41) is 1.66. The van der Waals surface area contributed by atoms with E-state index in [4.69, 9.17) is 5.73 Å². The number of hydrogen-bond donors (Lipinski definition) is 1. The van der Waals surface area contributed by atoms with Crippen LogP contribution < -0.4 is 5.73 Å². The van der Waals surface area contributed by atoms with E-state index in [0.29, 0.717) is 16.4 Å². The van der Waals surface area contributed by atoms with Crippen LogP contribution in [0.3, 0.4) is 0 Å². The molecule has 2 N–H and O–H groups in total. The van der Waals surface area contributed by atoms with Gasteiger partial charge >= 0.3 is 0 Å². The van der Waals surface area contributed by atoms with E-state index >= 15 is 0 Å². The molecule has 1 fully saturated rings. The SMILES string of the molecule is CC1CN(C)CCN1S(=O)(=O)c1cc(N)cs1. The molecule has 0 aliphatic carbocycles. The average Bonchev–Trinajstić information content (AvgIpc) is 2.64. The smallest absolute Gasteiger partial charge is 0.252 e. The van der Waals surface area contributed by atoms with Crippen LogP contribution in [-0.2, 0) is 10.0 Å². The molecule has 0 aromatic carbocycles. The summed E-state index contributed by atoms with van der Waals surface area (Å²) in [6.07, 6.45) is 0. The first-order chi connectivity index (χ1) is 7.91. The lowest BCUT2D eigenvalue weighted by Gasteiger charge is -2.36. The van der Waals surface area contributed by atoms with Gasteiger partial charge in [-0.2, -0.15) is 4.31 Å². The number of piperazine rings is 1. The van der Waals surface area contributed by atoms with Crippen LogP contribution in [0.5, 0.6) is 0 Å². The zero-order valence-corrected chi connectivity index (χ0v) is 11.6. The minimum atomic E-state index is -3.37. The number of thiophene rings is 1. The lowest BCUT2D eigenvalue weighted by atomic mass is 10.2. The summed E-state index contributed by atoms with van der Waals surface area (Å²) >= 11 is 1.18. The van der Waals surface area contributed by atoms with Crippen molar-refractivity contribution in [1.82, 2.24) is 9.21 Å². The Hall–Kier alpha value is -0.630. The van der Waals surface area contributed by atoms with Crippen LogP contribution in [-0.4, -0.2) is 50.3 Å². The summed E-state index contributed by atoms with van der Waals surface area (Å²) in [6, 6.07) is 1.53. The van der Waals surface area contributed by atoms with Crippen molar-refractivity contribution in [1.29, 1.82) is 0 Å². The molecule has 0 bridgehead atoms. The van der Waals surface area contributed by atoms with E-state index in [1.807, 2.05) is 14.0 Å². The number of sulfonamides is 1. The summed E-state index contributed by atoms with van der Waals surface area (Å²) in [5.74, 6) is 0. The maximum absolute atomic E-state index is 12.4. The van der Waals surface area contributed by atoms with Gasteiger partial charge in [-0.05, 0) is 20.0 Å². The lowest BCUT2D eigenvalue weighted by molar-refractivity contribution is 0.170. The quantitative estimate of drug-likeness (QED) is 0.861. The third-order valence-electron chi connectivity index (χ3n) is 2.93. The number of likely N-dealkylation sites (N-methyl/N-ethyl adjacent to an activating group) is 1. The van der Waals surface area contributed by atoms with E-state index in [-0.39, 0.29) is 6.04 Å². The Bertz CT molecular complexity index is 497. The topological polar surface area (TPSA) is 66.6 Å². The Morgan fingerprint density at radius 1 is 1.47 bits per heavy atom. The first-order valence-electron chi connectivity index (χ1n) is 5.45. The van der Waals surface area contributed by atoms with Crippen molar-refractivity contribution in [2.24, 2.45) is 0 Å².